The fourth-order valence-corrected chi connectivity index (χ4v) is 3.55. The summed E-state index contributed by atoms with van der Waals surface area (Å²) >= 11 is 0. The summed E-state index contributed by atoms with van der Waals surface area (Å²) in [5.74, 6) is 1.44. The van der Waals surface area contributed by atoms with Gasteiger partial charge >= 0.3 is 0 Å². The number of carbonyl (C=O) groups excluding carboxylic acids is 1. The summed E-state index contributed by atoms with van der Waals surface area (Å²) in [5.41, 5.74) is 3.85. The topological polar surface area (TPSA) is 84.2 Å². The van der Waals surface area contributed by atoms with E-state index in [1.54, 1.807) is 12.3 Å². The van der Waals surface area contributed by atoms with Crippen LogP contribution in [0.2, 0.25) is 0 Å². The molecule has 0 bridgehead atoms. The number of benzene rings is 1. The largest absolute Gasteiger partial charge is 0.480 e. The van der Waals surface area contributed by atoms with Crippen molar-refractivity contribution in [2.24, 2.45) is 0 Å². The van der Waals surface area contributed by atoms with E-state index in [9.17, 15) is 4.79 Å². The average molecular weight is 336 g/mol. The molecular formula is C18H16N4O3. The monoisotopic (exact) mass is 336 g/mol. The molecule has 126 valence electrons. The van der Waals surface area contributed by atoms with Crippen LogP contribution in [0.4, 0.5) is 0 Å². The van der Waals surface area contributed by atoms with E-state index < -0.39 is 6.10 Å². The van der Waals surface area contributed by atoms with Crippen molar-refractivity contribution in [1.82, 2.24) is 20.3 Å². The number of H-pyrrole nitrogens is 1. The molecule has 0 aliphatic carbocycles. The van der Waals surface area contributed by atoms with Crippen molar-refractivity contribution in [1.29, 1.82) is 0 Å². The van der Waals surface area contributed by atoms with E-state index in [0.717, 1.165) is 34.7 Å². The van der Waals surface area contributed by atoms with E-state index in [1.165, 1.54) is 0 Å². The molecule has 3 aromatic rings. The third-order valence-corrected chi connectivity index (χ3v) is 4.84. The summed E-state index contributed by atoms with van der Waals surface area (Å²) in [4.78, 5) is 14.8. The van der Waals surface area contributed by atoms with Gasteiger partial charge in [0, 0.05) is 43.3 Å². The van der Waals surface area contributed by atoms with Gasteiger partial charge in [-0.25, -0.2) is 0 Å². The van der Waals surface area contributed by atoms with Crippen LogP contribution in [0.15, 0.2) is 41.1 Å². The van der Waals surface area contributed by atoms with E-state index in [2.05, 4.69) is 15.4 Å². The van der Waals surface area contributed by atoms with Crippen molar-refractivity contribution in [3.8, 4) is 17.2 Å². The summed E-state index contributed by atoms with van der Waals surface area (Å²) in [6.45, 7) is 1.15. The van der Waals surface area contributed by atoms with Gasteiger partial charge in [-0.2, -0.15) is 5.10 Å². The Bertz CT molecular complexity index is 907. The maximum absolute atomic E-state index is 12.9. The summed E-state index contributed by atoms with van der Waals surface area (Å²) in [6.07, 6.45) is 2.51. The molecular weight excluding hydrogens is 320 g/mol. The first-order chi connectivity index (χ1) is 12.3. The Labute approximate surface area is 143 Å². The minimum Gasteiger partial charge on any atom is -0.480 e. The van der Waals surface area contributed by atoms with Crippen molar-refractivity contribution in [3.63, 3.8) is 0 Å². The predicted molar refractivity (Wildman–Crippen MR) is 87.8 cm³/mol. The van der Waals surface area contributed by atoms with Crippen LogP contribution in [0.3, 0.4) is 0 Å². The fraction of sp³-hybridized carbons (Fsp3) is 0.278. The molecule has 4 heterocycles. The maximum Gasteiger partial charge on any atom is 0.264 e. The van der Waals surface area contributed by atoms with Gasteiger partial charge in [0.05, 0.1) is 6.20 Å². The lowest BCUT2D eigenvalue weighted by Gasteiger charge is -2.29. The highest BCUT2D eigenvalue weighted by Gasteiger charge is 2.35. The number of hydrogen-bond donors (Lipinski definition) is 1. The molecule has 1 atom stereocenters. The van der Waals surface area contributed by atoms with E-state index in [0.29, 0.717) is 25.3 Å². The first-order valence-corrected chi connectivity index (χ1v) is 8.30. The second kappa shape index (κ2) is 5.47. The Balaban J connectivity index is 1.38. The number of fused-ring (bicyclic) bond motifs is 2. The highest BCUT2D eigenvalue weighted by atomic mass is 16.5. The number of carbonyl (C=O) groups is 1. The highest BCUT2D eigenvalue weighted by Crippen LogP contribution is 2.32. The molecule has 0 spiro atoms. The number of hydrogen-bond acceptors (Lipinski definition) is 5. The van der Waals surface area contributed by atoms with Crippen LogP contribution in [0.5, 0.6) is 5.75 Å². The van der Waals surface area contributed by atoms with Gasteiger partial charge in [0.15, 0.2) is 11.9 Å². The van der Waals surface area contributed by atoms with Crippen LogP contribution >= 0.6 is 0 Å². The summed E-state index contributed by atoms with van der Waals surface area (Å²) in [7, 11) is 0. The number of amides is 1. The zero-order valence-electron chi connectivity index (χ0n) is 13.4. The molecule has 0 fully saturated rings. The molecule has 0 radical (unpaired) electrons. The van der Waals surface area contributed by atoms with E-state index in [4.69, 9.17) is 9.26 Å². The van der Waals surface area contributed by atoms with Crippen LogP contribution in [-0.4, -0.2) is 38.8 Å². The van der Waals surface area contributed by atoms with Crippen LogP contribution in [0.25, 0.3) is 11.5 Å². The molecule has 0 saturated carbocycles. The highest BCUT2D eigenvalue weighted by molar-refractivity contribution is 5.83. The lowest BCUT2D eigenvalue weighted by Crippen LogP contribution is -2.43. The maximum atomic E-state index is 12.9. The molecule has 0 saturated heterocycles. The smallest absolute Gasteiger partial charge is 0.264 e. The quantitative estimate of drug-likeness (QED) is 0.773. The Hall–Kier alpha value is -3.09. The van der Waals surface area contributed by atoms with Crippen LogP contribution in [-0.2, 0) is 24.2 Å². The van der Waals surface area contributed by atoms with E-state index >= 15 is 0 Å². The molecule has 2 aliphatic rings. The second-order valence-corrected chi connectivity index (χ2v) is 6.33. The van der Waals surface area contributed by atoms with Gasteiger partial charge in [-0.1, -0.05) is 23.4 Å². The van der Waals surface area contributed by atoms with Gasteiger partial charge < -0.3 is 14.2 Å². The summed E-state index contributed by atoms with van der Waals surface area (Å²) < 4.78 is 11.1. The Morgan fingerprint density at radius 2 is 2.20 bits per heavy atom. The van der Waals surface area contributed by atoms with Gasteiger partial charge in [-0.3, -0.25) is 9.89 Å². The molecule has 2 aromatic heterocycles. The molecule has 2 aliphatic heterocycles. The molecule has 25 heavy (non-hydrogen) atoms. The average Bonchev–Trinajstić information content (AvgIpc) is 3.37. The minimum atomic E-state index is -0.445. The second-order valence-electron chi connectivity index (χ2n) is 6.33. The molecule has 7 nitrogen and oxygen atoms in total. The van der Waals surface area contributed by atoms with Gasteiger partial charge in [0.25, 0.3) is 5.91 Å². The normalized spacial score (nSPS) is 18.6. The van der Waals surface area contributed by atoms with E-state index in [-0.39, 0.29) is 5.91 Å². The van der Waals surface area contributed by atoms with Crippen LogP contribution in [0.1, 0.15) is 16.8 Å². The van der Waals surface area contributed by atoms with Gasteiger partial charge in [-0.05, 0) is 11.6 Å². The number of nitrogens with one attached hydrogen (secondary N) is 1. The van der Waals surface area contributed by atoms with Crippen molar-refractivity contribution in [3.05, 3.63) is 53.3 Å². The predicted octanol–water partition coefficient (Wildman–Crippen LogP) is 1.95. The van der Waals surface area contributed by atoms with Crippen molar-refractivity contribution < 1.29 is 14.1 Å². The molecule has 1 N–H and O–H groups in total. The first-order valence-electron chi connectivity index (χ1n) is 8.30. The zero-order chi connectivity index (χ0) is 16.8. The molecule has 7 heteroatoms. The van der Waals surface area contributed by atoms with Crippen molar-refractivity contribution in [2.45, 2.75) is 25.5 Å². The first kappa shape index (κ1) is 14.3. The fourth-order valence-electron chi connectivity index (χ4n) is 3.55. The third kappa shape index (κ3) is 2.31. The number of aromatic amines is 1. The molecule has 1 aromatic carbocycles. The zero-order valence-corrected chi connectivity index (χ0v) is 13.4. The summed E-state index contributed by atoms with van der Waals surface area (Å²) in [6, 6.07) is 9.59. The number of nitrogens with zero attached hydrogens (tertiary/aromatic N) is 3. The summed E-state index contributed by atoms with van der Waals surface area (Å²) in [5, 5.41) is 11.1. The van der Waals surface area contributed by atoms with Gasteiger partial charge in [0.2, 0.25) is 0 Å². The Morgan fingerprint density at radius 1 is 1.28 bits per heavy atom. The van der Waals surface area contributed by atoms with Gasteiger partial charge in [-0.15, -0.1) is 0 Å². The van der Waals surface area contributed by atoms with E-state index in [1.807, 2.05) is 29.2 Å². The number of para-hydroxylation sites is 1. The number of rotatable bonds is 2. The lowest BCUT2D eigenvalue weighted by atomic mass is 10.0. The van der Waals surface area contributed by atoms with Gasteiger partial charge in [0.1, 0.15) is 11.4 Å². The molecule has 1 amide bonds. The Morgan fingerprint density at radius 3 is 3.04 bits per heavy atom. The molecule has 0 unspecified atom stereocenters. The standard InChI is InChI=1S/C18H16N4O3/c23-18(16-9-11-3-1-2-4-14(11)24-16)22-8-6-13-12(10-22)17(21-20-13)15-5-7-19-25-15/h1-5,7,16H,6,8-10H2,(H,20,21)/t16-/m1/s1. The molecule has 5 rings (SSSR count). The number of aromatic nitrogens is 3. The third-order valence-electron chi connectivity index (χ3n) is 4.84. The minimum absolute atomic E-state index is 0.0200. The van der Waals surface area contributed by atoms with Crippen LogP contribution < -0.4 is 4.74 Å². The van der Waals surface area contributed by atoms with Crippen molar-refractivity contribution in [2.75, 3.05) is 6.54 Å². The Kier molecular flexibility index (Phi) is 3.12. The van der Waals surface area contributed by atoms with Crippen molar-refractivity contribution >= 4 is 5.91 Å². The number of ether oxygens (including phenoxy) is 1. The SMILES string of the molecule is O=C([C@H]1Cc2ccccc2O1)N1CCc2[nH]nc(-c3ccno3)c2C1. The lowest BCUT2D eigenvalue weighted by molar-refractivity contribution is -0.138. The van der Waals surface area contributed by atoms with Crippen LogP contribution in [0, 0.1) is 0 Å².